The van der Waals surface area contributed by atoms with Crippen molar-refractivity contribution >= 4 is 10.0 Å². The third-order valence-corrected chi connectivity index (χ3v) is 5.43. The molecule has 0 bridgehead atoms. The summed E-state index contributed by atoms with van der Waals surface area (Å²) in [7, 11) is -3.19. The Morgan fingerprint density at radius 2 is 2.06 bits per heavy atom. The fraction of sp³-hybridized carbons (Fsp3) is 0.538. The van der Waals surface area contributed by atoms with E-state index in [1.165, 1.54) is 4.31 Å². The van der Waals surface area contributed by atoms with E-state index in [-0.39, 0.29) is 24.3 Å². The minimum absolute atomic E-state index is 0.138. The highest BCUT2D eigenvalue weighted by atomic mass is 32.2. The van der Waals surface area contributed by atoms with Crippen molar-refractivity contribution in [2.75, 3.05) is 18.9 Å². The van der Waals surface area contributed by atoms with Crippen LogP contribution in [0.15, 0.2) is 30.3 Å². The molecule has 1 N–H and O–H groups in total. The van der Waals surface area contributed by atoms with Crippen LogP contribution in [0.2, 0.25) is 0 Å². The first kappa shape index (κ1) is 13.5. The summed E-state index contributed by atoms with van der Waals surface area (Å²) in [6.07, 6.45) is 0.559. The van der Waals surface area contributed by atoms with Crippen LogP contribution in [-0.2, 0) is 16.4 Å². The van der Waals surface area contributed by atoms with E-state index in [9.17, 15) is 13.5 Å². The van der Waals surface area contributed by atoms with E-state index in [1.807, 2.05) is 37.3 Å². The summed E-state index contributed by atoms with van der Waals surface area (Å²) in [5, 5.41) is 9.46. The molecule has 100 valence electrons. The monoisotopic (exact) mass is 269 g/mol. The number of aliphatic hydroxyl groups is 1. The predicted octanol–water partition coefficient (Wildman–Crippen LogP) is 0.871. The van der Waals surface area contributed by atoms with Crippen molar-refractivity contribution in [3.63, 3.8) is 0 Å². The van der Waals surface area contributed by atoms with Crippen molar-refractivity contribution in [2.24, 2.45) is 5.92 Å². The zero-order valence-corrected chi connectivity index (χ0v) is 11.3. The van der Waals surface area contributed by atoms with E-state index >= 15 is 0 Å². The minimum Gasteiger partial charge on any atom is -0.395 e. The molecular formula is C13H19NO3S. The van der Waals surface area contributed by atoms with Gasteiger partial charge in [0, 0.05) is 6.54 Å². The smallest absolute Gasteiger partial charge is 0.214 e. The largest absolute Gasteiger partial charge is 0.395 e. The summed E-state index contributed by atoms with van der Waals surface area (Å²) in [6, 6.07) is 9.33. The second kappa shape index (κ2) is 5.38. The number of benzene rings is 1. The molecule has 18 heavy (non-hydrogen) atoms. The SMILES string of the molecule is CC1CN([C@@H](CO)Cc2ccccc2)S(=O)(=O)C1. The molecule has 0 amide bonds. The third kappa shape index (κ3) is 2.91. The van der Waals surface area contributed by atoms with Gasteiger partial charge in [-0.05, 0) is 17.9 Å². The molecule has 5 heteroatoms. The van der Waals surface area contributed by atoms with Gasteiger partial charge in [-0.1, -0.05) is 37.3 Å². The molecule has 0 aliphatic carbocycles. The highest BCUT2D eigenvalue weighted by Crippen LogP contribution is 2.23. The molecule has 1 heterocycles. The van der Waals surface area contributed by atoms with Gasteiger partial charge >= 0.3 is 0 Å². The molecule has 1 aliphatic rings. The third-order valence-electron chi connectivity index (χ3n) is 3.28. The molecule has 1 unspecified atom stereocenters. The van der Waals surface area contributed by atoms with Gasteiger partial charge in [-0.15, -0.1) is 0 Å². The van der Waals surface area contributed by atoms with E-state index in [2.05, 4.69) is 0 Å². The predicted molar refractivity (Wildman–Crippen MR) is 70.7 cm³/mol. The first-order valence-electron chi connectivity index (χ1n) is 6.17. The Labute approximate surface area is 108 Å². The molecule has 1 saturated heterocycles. The molecule has 2 atom stereocenters. The van der Waals surface area contributed by atoms with Crippen molar-refractivity contribution in [3.8, 4) is 0 Å². The average Bonchev–Trinajstić information content (AvgIpc) is 2.61. The van der Waals surface area contributed by atoms with Crippen LogP contribution < -0.4 is 0 Å². The van der Waals surface area contributed by atoms with Gasteiger partial charge in [-0.3, -0.25) is 0 Å². The lowest BCUT2D eigenvalue weighted by Gasteiger charge is -2.24. The zero-order chi connectivity index (χ0) is 13.2. The van der Waals surface area contributed by atoms with Crippen LogP contribution in [0.25, 0.3) is 0 Å². The van der Waals surface area contributed by atoms with Crippen molar-refractivity contribution in [1.82, 2.24) is 4.31 Å². The number of aliphatic hydroxyl groups excluding tert-OH is 1. The second-order valence-corrected chi connectivity index (χ2v) is 6.95. The summed E-state index contributed by atoms with van der Waals surface area (Å²) in [5.74, 6) is 0.331. The Hall–Kier alpha value is -0.910. The molecule has 4 nitrogen and oxygen atoms in total. The fourth-order valence-electron chi connectivity index (χ4n) is 2.45. The first-order valence-corrected chi connectivity index (χ1v) is 7.78. The minimum atomic E-state index is -3.19. The van der Waals surface area contributed by atoms with Crippen molar-refractivity contribution in [2.45, 2.75) is 19.4 Å². The molecule has 1 aliphatic heterocycles. The van der Waals surface area contributed by atoms with Gasteiger partial charge in [0.25, 0.3) is 0 Å². The maximum atomic E-state index is 12.0. The number of nitrogens with zero attached hydrogens (tertiary/aromatic N) is 1. The molecule has 0 aromatic heterocycles. The molecule has 0 saturated carbocycles. The van der Waals surface area contributed by atoms with Gasteiger partial charge in [0.1, 0.15) is 0 Å². The van der Waals surface area contributed by atoms with E-state index in [0.29, 0.717) is 13.0 Å². The molecule has 1 aromatic carbocycles. The highest BCUT2D eigenvalue weighted by molar-refractivity contribution is 7.89. The van der Waals surface area contributed by atoms with Gasteiger partial charge in [0.05, 0.1) is 18.4 Å². The summed E-state index contributed by atoms with van der Waals surface area (Å²) in [5.41, 5.74) is 1.05. The van der Waals surface area contributed by atoms with E-state index < -0.39 is 10.0 Å². The van der Waals surface area contributed by atoms with Gasteiger partial charge in [0.15, 0.2) is 0 Å². The van der Waals surface area contributed by atoms with Crippen molar-refractivity contribution in [1.29, 1.82) is 0 Å². The topological polar surface area (TPSA) is 57.6 Å². The molecule has 0 spiro atoms. The lowest BCUT2D eigenvalue weighted by atomic mass is 10.1. The van der Waals surface area contributed by atoms with E-state index in [4.69, 9.17) is 0 Å². The number of hydrogen-bond acceptors (Lipinski definition) is 3. The highest BCUT2D eigenvalue weighted by Gasteiger charge is 2.37. The van der Waals surface area contributed by atoms with Crippen molar-refractivity contribution in [3.05, 3.63) is 35.9 Å². The lowest BCUT2D eigenvalue weighted by Crippen LogP contribution is -2.40. The summed E-state index contributed by atoms with van der Waals surface area (Å²) >= 11 is 0. The Bertz CT molecular complexity index is 486. The summed E-state index contributed by atoms with van der Waals surface area (Å²) in [4.78, 5) is 0. The maximum absolute atomic E-state index is 12.0. The van der Waals surface area contributed by atoms with Gasteiger partial charge in [-0.2, -0.15) is 4.31 Å². The maximum Gasteiger partial charge on any atom is 0.214 e. The summed E-state index contributed by atoms with van der Waals surface area (Å²) < 4.78 is 25.4. The number of hydrogen-bond donors (Lipinski definition) is 1. The summed E-state index contributed by atoms with van der Waals surface area (Å²) in [6.45, 7) is 2.30. The molecule has 0 radical (unpaired) electrons. The zero-order valence-electron chi connectivity index (χ0n) is 10.5. The van der Waals surface area contributed by atoms with Crippen molar-refractivity contribution < 1.29 is 13.5 Å². The molecule has 1 fully saturated rings. The average molecular weight is 269 g/mol. The van der Waals surface area contributed by atoms with Gasteiger partial charge in [0.2, 0.25) is 10.0 Å². The molecule has 2 rings (SSSR count). The van der Waals surface area contributed by atoms with E-state index in [0.717, 1.165) is 5.56 Å². The van der Waals surface area contributed by atoms with Gasteiger partial charge < -0.3 is 5.11 Å². The van der Waals surface area contributed by atoms with Crippen LogP contribution in [0, 0.1) is 5.92 Å². The Morgan fingerprint density at radius 1 is 1.39 bits per heavy atom. The van der Waals surface area contributed by atoms with Crippen LogP contribution in [-0.4, -0.2) is 42.8 Å². The second-order valence-electron chi connectivity index (χ2n) is 4.98. The van der Waals surface area contributed by atoms with E-state index in [1.54, 1.807) is 0 Å². The Morgan fingerprint density at radius 3 is 2.56 bits per heavy atom. The molecular weight excluding hydrogens is 250 g/mol. The lowest BCUT2D eigenvalue weighted by molar-refractivity contribution is 0.187. The van der Waals surface area contributed by atoms with Crippen LogP contribution in [0.5, 0.6) is 0 Å². The quantitative estimate of drug-likeness (QED) is 0.882. The first-order chi connectivity index (χ1) is 8.53. The fourth-order valence-corrected chi connectivity index (χ4v) is 4.54. The Balaban J connectivity index is 2.15. The Kier molecular flexibility index (Phi) is 4.04. The van der Waals surface area contributed by atoms with Gasteiger partial charge in [-0.25, -0.2) is 8.42 Å². The van der Waals surface area contributed by atoms with Crippen LogP contribution in [0.1, 0.15) is 12.5 Å². The normalized spacial score (nSPS) is 25.1. The standard InChI is InChI=1S/C13H19NO3S/c1-11-8-14(18(16,17)10-11)13(9-15)7-12-5-3-2-4-6-12/h2-6,11,13,15H,7-10H2,1H3/t11?,13-/m1/s1. The van der Waals surface area contributed by atoms with Crippen LogP contribution in [0.3, 0.4) is 0 Å². The number of rotatable bonds is 4. The van der Waals surface area contributed by atoms with Crippen LogP contribution in [0.4, 0.5) is 0 Å². The number of sulfonamides is 1. The molecule has 1 aromatic rings. The van der Waals surface area contributed by atoms with Crippen LogP contribution >= 0.6 is 0 Å².